The number of halogens is 1. The van der Waals surface area contributed by atoms with Crippen molar-refractivity contribution in [3.63, 3.8) is 0 Å². The Balaban J connectivity index is 2.12. The van der Waals surface area contributed by atoms with E-state index >= 15 is 0 Å². The fourth-order valence-electron chi connectivity index (χ4n) is 3.67. The molecular weight excluding hydrogens is 434 g/mol. The first-order chi connectivity index (χ1) is 15.2. The Bertz CT molecular complexity index is 1050. The Morgan fingerprint density at radius 1 is 1.19 bits per heavy atom. The van der Waals surface area contributed by atoms with Gasteiger partial charge in [0.1, 0.15) is 17.3 Å². The van der Waals surface area contributed by atoms with Crippen LogP contribution < -0.4 is 4.74 Å². The summed E-state index contributed by atoms with van der Waals surface area (Å²) < 4.78 is 10.8. The smallest absolute Gasteiger partial charge is 0.295 e. The van der Waals surface area contributed by atoms with Gasteiger partial charge in [-0.05, 0) is 50.1 Å². The van der Waals surface area contributed by atoms with E-state index < -0.39 is 17.7 Å². The minimum atomic E-state index is -0.861. The standard InChI is InChI=1S/C24H26ClNO6/c1-14(2)32-17-7-4-6-16(12-17)22(28)20-21(15-8-9-19(27)18(25)13-15)26(10-5-11-31-3)24(30)23(20)29/h4,6-9,12-14,21,27-28H,5,10-11H2,1-3H3/b22-20-. The summed E-state index contributed by atoms with van der Waals surface area (Å²) >= 11 is 6.10. The summed E-state index contributed by atoms with van der Waals surface area (Å²) in [5.41, 5.74) is 0.810. The molecule has 1 heterocycles. The average molecular weight is 460 g/mol. The van der Waals surface area contributed by atoms with Gasteiger partial charge in [-0.15, -0.1) is 0 Å². The van der Waals surface area contributed by atoms with Crippen molar-refractivity contribution in [3.05, 3.63) is 64.2 Å². The van der Waals surface area contributed by atoms with Crippen molar-refractivity contribution < 1.29 is 29.3 Å². The summed E-state index contributed by atoms with van der Waals surface area (Å²) in [6.45, 7) is 4.41. The number of amides is 1. The number of aromatic hydroxyl groups is 1. The number of hydrogen-bond acceptors (Lipinski definition) is 6. The van der Waals surface area contributed by atoms with Gasteiger partial charge in [-0.1, -0.05) is 29.8 Å². The van der Waals surface area contributed by atoms with Crippen LogP contribution in [0.25, 0.3) is 5.76 Å². The molecule has 2 N–H and O–H groups in total. The van der Waals surface area contributed by atoms with Gasteiger partial charge in [0.05, 0.1) is 22.7 Å². The molecule has 2 aromatic rings. The van der Waals surface area contributed by atoms with Crippen molar-refractivity contribution in [1.29, 1.82) is 0 Å². The quantitative estimate of drug-likeness (QED) is 0.264. The van der Waals surface area contributed by atoms with Crippen molar-refractivity contribution in [1.82, 2.24) is 4.90 Å². The molecule has 0 spiro atoms. The Kier molecular flexibility index (Phi) is 7.43. The number of likely N-dealkylation sites (tertiary alicyclic amines) is 1. The first-order valence-corrected chi connectivity index (χ1v) is 10.6. The van der Waals surface area contributed by atoms with E-state index in [1.807, 2.05) is 13.8 Å². The molecule has 0 bridgehead atoms. The maximum absolute atomic E-state index is 13.0. The summed E-state index contributed by atoms with van der Waals surface area (Å²) in [4.78, 5) is 27.3. The zero-order valence-corrected chi connectivity index (χ0v) is 18.9. The van der Waals surface area contributed by atoms with Gasteiger partial charge in [-0.3, -0.25) is 9.59 Å². The van der Waals surface area contributed by atoms with E-state index in [9.17, 15) is 19.8 Å². The largest absolute Gasteiger partial charge is 0.507 e. The minimum absolute atomic E-state index is 0.0455. The fourth-order valence-corrected chi connectivity index (χ4v) is 3.86. The van der Waals surface area contributed by atoms with Crippen molar-refractivity contribution in [2.24, 2.45) is 0 Å². The molecule has 32 heavy (non-hydrogen) atoms. The second kappa shape index (κ2) is 10.1. The number of phenolic OH excluding ortho intramolecular Hbond substituents is 1. The molecule has 1 saturated heterocycles. The first-order valence-electron chi connectivity index (χ1n) is 10.3. The van der Waals surface area contributed by atoms with Gasteiger partial charge in [0.15, 0.2) is 0 Å². The normalized spacial score (nSPS) is 17.9. The van der Waals surface area contributed by atoms with Crippen LogP contribution >= 0.6 is 11.6 Å². The topological polar surface area (TPSA) is 96.3 Å². The highest BCUT2D eigenvalue weighted by Crippen LogP contribution is 2.41. The molecule has 2 aromatic carbocycles. The molecule has 0 saturated carbocycles. The molecule has 1 unspecified atom stereocenters. The number of benzene rings is 2. The van der Waals surface area contributed by atoms with E-state index in [4.69, 9.17) is 21.1 Å². The summed E-state index contributed by atoms with van der Waals surface area (Å²) in [5.74, 6) is -1.40. The molecule has 1 amide bonds. The van der Waals surface area contributed by atoms with Gasteiger partial charge in [-0.2, -0.15) is 0 Å². The van der Waals surface area contributed by atoms with Crippen LogP contribution in [0.1, 0.15) is 37.4 Å². The van der Waals surface area contributed by atoms with Gasteiger partial charge in [0.25, 0.3) is 11.7 Å². The number of carbonyl (C=O) groups excluding carboxylic acids is 2. The van der Waals surface area contributed by atoms with Crippen molar-refractivity contribution in [2.75, 3.05) is 20.3 Å². The SMILES string of the molecule is COCCCN1C(=O)C(=O)/C(=C(\O)c2cccc(OC(C)C)c2)C1c1ccc(O)c(Cl)c1. The van der Waals surface area contributed by atoms with Gasteiger partial charge in [0, 0.05) is 25.8 Å². The molecule has 1 aliphatic rings. The van der Waals surface area contributed by atoms with E-state index in [0.29, 0.717) is 29.9 Å². The third kappa shape index (κ3) is 4.89. The maximum atomic E-state index is 13.0. The van der Waals surface area contributed by atoms with Crippen LogP contribution in [0.2, 0.25) is 5.02 Å². The number of nitrogens with zero attached hydrogens (tertiary/aromatic N) is 1. The predicted molar refractivity (Wildman–Crippen MR) is 121 cm³/mol. The number of hydrogen-bond donors (Lipinski definition) is 2. The van der Waals surface area contributed by atoms with Gasteiger partial charge >= 0.3 is 0 Å². The number of phenols is 1. The molecule has 7 nitrogen and oxygen atoms in total. The van der Waals surface area contributed by atoms with Crippen LogP contribution in [0.3, 0.4) is 0 Å². The average Bonchev–Trinajstić information content (AvgIpc) is 3.00. The molecular formula is C24H26ClNO6. The van der Waals surface area contributed by atoms with E-state index in [1.54, 1.807) is 37.4 Å². The molecule has 1 atom stereocenters. The molecule has 3 rings (SSSR count). The van der Waals surface area contributed by atoms with Crippen LogP contribution in [0.5, 0.6) is 11.5 Å². The van der Waals surface area contributed by atoms with Crippen LogP contribution in [0.4, 0.5) is 0 Å². The number of rotatable bonds is 8. The Hall–Kier alpha value is -3.03. The number of ether oxygens (including phenoxy) is 2. The molecule has 1 fully saturated rings. The Morgan fingerprint density at radius 3 is 2.59 bits per heavy atom. The molecule has 1 aliphatic heterocycles. The third-order valence-corrected chi connectivity index (χ3v) is 5.36. The van der Waals surface area contributed by atoms with E-state index in [2.05, 4.69) is 0 Å². The number of ketones is 1. The lowest BCUT2D eigenvalue weighted by molar-refractivity contribution is -0.140. The van der Waals surface area contributed by atoms with Crippen LogP contribution in [0, 0.1) is 0 Å². The summed E-state index contributed by atoms with van der Waals surface area (Å²) in [6.07, 6.45) is 0.432. The molecule has 8 heteroatoms. The van der Waals surface area contributed by atoms with Crippen LogP contribution in [-0.4, -0.2) is 53.2 Å². The van der Waals surface area contributed by atoms with Crippen molar-refractivity contribution in [2.45, 2.75) is 32.4 Å². The predicted octanol–water partition coefficient (Wildman–Crippen LogP) is 4.29. The summed E-state index contributed by atoms with van der Waals surface area (Å²) in [5, 5.41) is 21.0. The second-order valence-electron chi connectivity index (χ2n) is 7.74. The number of methoxy groups -OCH3 is 1. The summed E-state index contributed by atoms with van der Waals surface area (Å²) in [7, 11) is 1.55. The van der Waals surface area contributed by atoms with Crippen molar-refractivity contribution in [3.8, 4) is 11.5 Å². The van der Waals surface area contributed by atoms with Crippen molar-refractivity contribution >= 4 is 29.1 Å². The number of Topliss-reactive ketones (excluding diaryl/α,β-unsaturated/α-hetero) is 1. The molecule has 0 radical (unpaired) electrons. The number of carbonyl (C=O) groups is 2. The number of aliphatic hydroxyl groups is 1. The fraction of sp³-hybridized carbons (Fsp3) is 0.333. The highest BCUT2D eigenvalue weighted by atomic mass is 35.5. The second-order valence-corrected chi connectivity index (χ2v) is 8.15. The van der Waals surface area contributed by atoms with Crippen LogP contribution in [0.15, 0.2) is 48.0 Å². The summed E-state index contributed by atoms with van der Waals surface area (Å²) in [6, 6.07) is 10.3. The molecule has 0 aliphatic carbocycles. The van der Waals surface area contributed by atoms with E-state index in [0.717, 1.165) is 0 Å². The van der Waals surface area contributed by atoms with Gasteiger partial charge in [0.2, 0.25) is 0 Å². The van der Waals surface area contributed by atoms with Gasteiger partial charge in [-0.25, -0.2) is 0 Å². The number of aliphatic hydroxyl groups excluding tert-OH is 1. The lowest BCUT2D eigenvalue weighted by Crippen LogP contribution is -2.31. The lowest BCUT2D eigenvalue weighted by atomic mass is 9.95. The Labute approximate surface area is 191 Å². The van der Waals surface area contributed by atoms with E-state index in [-0.39, 0.29) is 34.8 Å². The minimum Gasteiger partial charge on any atom is -0.507 e. The van der Waals surface area contributed by atoms with E-state index in [1.165, 1.54) is 17.0 Å². The third-order valence-electron chi connectivity index (χ3n) is 5.05. The maximum Gasteiger partial charge on any atom is 0.295 e. The van der Waals surface area contributed by atoms with Gasteiger partial charge < -0.3 is 24.6 Å². The Morgan fingerprint density at radius 2 is 1.94 bits per heavy atom. The zero-order valence-electron chi connectivity index (χ0n) is 18.2. The molecule has 0 aromatic heterocycles. The highest BCUT2D eigenvalue weighted by Gasteiger charge is 2.46. The molecule has 170 valence electrons. The monoisotopic (exact) mass is 459 g/mol. The lowest BCUT2D eigenvalue weighted by Gasteiger charge is -2.25. The van der Waals surface area contributed by atoms with Crippen LogP contribution in [-0.2, 0) is 14.3 Å². The highest BCUT2D eigenvalue weighted by molar-refractivity contribution is 6.46. The first kappa shape index (κ1) is 23.6. The zero-order chi connectivity index (χ0) is 23.4.